The van der Waals surface area contributed by atoms with Crippen molar-refractivity contribution >= 4 is 11.9 Å². The highest BCUT2D eigenvalue weighted by Gasteiger charge is 2.29. The zero-order chi connectivity index (χ0) is 13.8. The zero-order valence-electron chi connectivity index (χ0n) is 11.8. The van der Waals surface area contributed by atoms with E-state index in [1.807, 2.05) is 20.8 Å². The van der Waals surface area contributed by atoms with Gasteiger partial charge in [-0.25, -0.2) is 0 Å². The maximum Gasteiger partial charge on any atom is 0.309 e. The predicted octanol–water partition coefficient (Wildman–Crippen LogP) is 1.42. The van der Waals surface area contributed by atoms with Gasteiger partial charge in [-0.3, -0.25) is 9.79 Å². The average Bonchev–Trinajstić information content (AvgIpc) is 2.27. The lowest BCUT2D eigenvalue weighted by Gasteiger charge is -2.30. The first-order valence-electron chi connectivity index (χ1n) is 6.53. The van der Waals surface area contributed by atoms with Crippen molar-refractivity contribution in [1.82, 2.24) is 5.32 Å². The Hall–Kier alpha value is -1.26. The van der Waals surface area contributed by atoms with Crippen molar-refractivity contribution in [1.29, 1.82) is 0 Å². The van der Waals surface area contributed by atoms with Gasteiger partial charge in [-0.2, -0.15) is 0 Å². The van der Waals surface area contributed by atoms with Crippen LogP contribution in [0.4, 0.5) is 0 Å². The molecule has 0 spiro atoms. The Bertz CT molecular complexity index is 313. The van der Waals surface area contributed by atoms with Gasteiger partial charge in [-0.15, -0.1) is 0 Å². The lowest BCUT2D eigenvalue weighted by Crippen LogP contribution is -2.43. The van der Waals surface area contributed by atoms with E-state index >= 15 is 0 Å². The van der Waals surface area contributed by atoms with E-state index in [-0.39, 0.29) is 11.9 Å². The summed E-state index contributed by atoms with van der Waals surface area (Å²) in [7, 11) is 1.66. The summed E-state index contributed by atoms with van der Waals surface area (Å²) in [6.07, 6.45) is 3.56. The van der Waals surface area contributed by atoms with Gasteiger partial charge in [0.05, 0.1) is 5.92 Å². The fraction of sp³-hybridized carbons (Fsp3) is 0.846. The highest BCUT2D eigenvalue weighted by molar-refractivity contribution is 5.78. The first kappa shape index (κ1) is 14.8. The van der Waals surface area contributed by atoms with Crippen LogP contribution in [0.1, 0.15) is 46.5 Å². The van der Waals surface area contributed by atoms with Gasteiger partial charge < -0.3 is 15.8 Å². The molecule has 0 radical (unpaired) electrons. The molecule has 0 bridgehead atoms. The summed E-state index contributed by atoms with van der Waals surface area (Å²) in [5, 5.41) is 3.15. The van der Waals surface area contributed by atoms with E-state index in [1.165, 1.54) is 0 Å². The van der Waals surface area contributed by atoms with Crippen molar-refractivity contribution in [3.63, 3.8) is 0 Å². The summed E-state index contributed by atoms with van der Waals surface area (Å²) in [6.45, 7) is 5.70. The molecule has 0 amide bonds. The van der Waals surface area contributed by atoms with Crippen LogP contribution in [0.2, 0.25) is 0 Å². The molecule has 0 aliphatic heterocycles. The Balaban J connectivity index is 2.37. The maximum atomic E-state index is 11.9. The summed E-state index contributed by atoms with van der Waals surface area (Å²) in [4.78, 5) is 15.8. The number of carbonyl (C=O) groups is 1. The van der Waals surface area contributed by atoms with Gasteiger partial charge in [0.25, 0.3) is 0 Å². The minimum Gasteiger partial charge on any atom is -0.460 e. The lowest BCUT2D eigenvalue weighted by molar-refractivity contribution is -0.161. The number of hydrogen-bond acceptors (Lipinski definition) is 3. The van der Waals surface area contributed by atoms with Gasteiger partial charge in [0.15, 0.2) is 5.96 Å². The summed E-state index contributed by atoms with van der Waals surface area (Å²) in [6, 6.07) is 0.326. The number of nitrogens with two attached hydrogens (primary N) is 1. The second kappa shape index (κ2) is 6.07. The molecule has 3 N–H and O–H groups in total. The highest BCUT2D eigenvalue weighted by Crippen LogP contribution is 2.26. The number of guanidine groups is 1. The third kappa shape index (κ3) is 4.94. The summed E-state index contributed by atoms with van der Waals surface area (Å²) < 4.78 is 5.41. The van der Waals surface area contributed by atoms with E-state index in [1.54, 1.807) is 7.05 Å². The van der Waals surface area contributed by atoms with Gasteiger partial charge in [-0.05, 0) is 46.5 Å². The van der Waals surface area contributed by atoms with E-state index in [2.05, 4.69) is 10.3 Å². The molecule has 0 aromatic carbocycles. The SMILES string of the molecule is CN=C(N)NC1CCC(C(=O)OC(C)(C)C)CC1. The first-order valence-corrected chi connectivity index (χ1v) is 6.53. The molecule has 0 atom stereocenters. The first-order chi connectivity index (χ1) is 8.31. The molecule has 18 heavy (non-hydrogen) atoms. The molecule has 5 heteroatoms. The Labute approximate surface area is 109 Å². The molecule has 1 aliphatic rings. The summed E-state index contributed by atoms with van der Waals surface area (Å²) in [5.74, 6) is 0.427. The van der Waals surface area contributed by atoms with Crippen LogP contribution in [0.15, 0.2) is 4.99 Å². The van der Waals surface area contributed by atoms with Crippen molar-refractivity contribution < 1.29 is 9.53 Å². The normalized spacial score (nSPS) is 25.7. The van der Waals surface area contributed by atoms with Crippen LogP contribution in [0.5, 0.6) is 0 Å². The molecule has 0 saturated heterocycles. The molecule has 0 aromatic heterocycles. The Morgan fingerprint density at radius 1 is 1.28 bits per heavy atom. The van der Waals surface area contributed by atoms with Crippen molar-refractivity contribution in [2.45, 2.75) is 58.1 Å². The quantitative estimate of drug-likeness (QED) is 0.444. The predicted molar refractivity (Wildman–Crippen MR) is 72.3 cm³/mol. The molecule has 5 nitrogen and oxygen atoms in total. The third-order valence-corrected chi connectivity index (χ3v) is 3.06. The second-order valence-corrected chi connectivity index (χ2v) is 5.84. The van der Waals surface area contributed by atoms with Crippen LogP contribution in [-0.4, -0.2) is 30.6 Å². The van der Waals surface area contributed by atoms with Crippen molar-refractivity contribution in [2.24, 2.45) is 16.6 Å². The average molecular weight is 255 g/mol. The van der Waals surface area contributed by atoms with Gasteiger partial charge in [0, 0.05) is 13.1 Å². The monoisotopic (exact) mass is 255 g/mol. The number of ether oxygens (including phenoxy) is 1. The number of aliphatic imine (C=N–C) groups is 1. The standard InChI is InChI=1S/C13H25N3O2/c1-13(2,3)18-11(17)9-5-7-10(8-6-9)16-12(14)15-4/h9-10H,5-8H2,1-4H3,(H3,14,15,16). The van der Waals surface area contributed by atoms with Crippen LogP contribution in [-0.2, 0) is 9.53 Å². The molecule has 1 rings (SSSR count). The summed E-state index contributed by atoms with van der Waals surface area (Å²) in [5.41, 5.74) is 5.23. The van der Waals surface area contributed by atoms with Crippen molar-refractivity contribution in [2.75, 3.05) is 7.05 Å². The van der Waals surface area contributed by atoms with Crippen LogP contribution >= 0.6 is 0 Å². The molecule has 0 unspecified atom stereocenters. The van der Waals surface area contributed by atoms with Gasteiger partial charge in [0.1, 0.15) is 5.60 Å². The smallest absolute Gasteiger partial charge is 0.309 e. The van der Waals surface area contributed by atoms with Crippen LogP contribution in [0.25, 0.3) is 0 Å². The third-order valence-electron chi connectivity index (χ3n) is 3.06. The number of nitrogens with one attached hydrogen (secondary N) is 1. The number of rotatable bonds is 2. The fourth-order valence-corrected chi connectivity index (χ4v) is 2.13. The van der Waals surface area contributed by atoms with Crippen molar-refractivity contribution in [3.8, 4) is 0 Å². The lowest BCUT2D eigenvalue weighted by atomic mass is 9.86. The minimum absolute atomic E-state index is 0.0297. The maximum absolute atomic E-state index is 11.9. The van der Waals surface area contributed by atoms with Gasteiger partial charge in [-0.1, -0.05) is 0 Å². The molecule has 0 aromatic rings. The summed E-state index contributed by atoms with van der Waals surface area (Å²) >= 11 is 0. The van der Waals surface area contributed by atoms with E-state index in [0.717, 1.165) is 25.7 Å². The minimum atomic E-state index is -0.397. The molecule has 0 heterocycles. The molecular formula is C13H25N3O2. The highest BCUT2D eigenvalue weighted by atomic mass is 16.6. The molecule has 1 saturated carbocycles. The van der Waals surface area contributed by atoms with Crippen LogP contribution < -0.4 is 11.1 Å². The van der Waals surface area contributed by atoms with Crippen LogP contribution in [0.3, 0.4) is 0 Å². The van der Waals surface area contributed by atoms with Gasteiger partial charge >= 0.3 is 5.97 Å². The number of carbonyl (C=O) groups excluding carboxylic acids is 1. The molecular weight excluding hydrogens is 230 g/mol. The molecule has 1 fully saturated rings. The largest absolute Gasteiger partial charge is 0.460 e. The number of hydrogen-bond donors (Lipinski definition) is 2. The van der Waals surface area contributed by atoms with E-state index in [9.17, 15) is 4.79 Å². The molecule has 104 valence electrons. The van der Waals surface area contributed by atoms with E-state index < -0.39 is 5.60 Å². The topological polar surface area (TPSA) is 76.7 Å². The Morgan fingerprint density at radius 2 is 1.83 bits per heavy atom. The van der Waals surface area contributed by atoms with E-state index in [0.29, 0.717) is 12.0 Å². The zero-order valence-corrected chi connectivity index (χ0v) is 11.8. The number of nitrogens with zero attached hydrogens (tertiary/aromatic N) is 1. The van der Waals surface area contributed by atoms with Crippen LogP contribution in [0, 0.1) is 5.92 Å². The number of esters is 1. The van der Waals surface area contributed by atoms with E-state index in [4.69, 9.17) is 10.5 Å². The van der Waals surface area contributed by atoms with Gasteiger partial charge in [0.2, 0.25) is 0 Å². The molecule has 1 aliphatic carbocycles. The van der Waals surface area contributed by atoms with Crippen molar-refractivity contribution in [3.05, 3.63) is 0 Å². The Kier molecular flexibility index (Phi) is 4.99. The Morgan fingerprint density at radius 3 is 2.28 bits per heavy atom. The second-order valence-electron chi connectivity index (χ2n) is 5.84. The fourth-order valence-electron chi connectivity index (χ4n) is 2.13.